The molecule has 0 aliphatic rings. The summed E-state index contributed by atoms with van der Waals surface area (Å²) in [6.45, 7) is 5.88. The third-order valence-electron chi connectivity index (χ3n) is 3.09. The first-order valence-corrected chi connectivity index (χ1v) is 6.33. The zero-order chi connectivity index (χ0) is 13.9. The molecule has 100 valence electrons. The Morgan fingerprint density at radius 1 is 1.50 bits per heavy atom. The minimum Gasteiger partial charge on any atom is -0.380 e. The lowest BCUT2D eigenvalue weighted by Gasteiger charge is -2.31. The number of hydrogen-bond acceptors (Lipinski definition) is 4. The number of methoxy groups -OCH3 is 1. The van der Waals surface area contributed by atoms with E-state index < -0.39 is 4.92 Å². The largest absolute Gasteiger partial charge is 0.380 e. The van der Waals surface area contributed by atoms with Crippen LogP contribution in [0.25, 0.3) is 0 Å². The molecule has 18 heavy (non-hydrogen) atoms. The second-order valence-electron chi connectivity index (χ2n) is 4.60. The quantitative estimate of drug-likeness (QED) is 0.666. The number of ether oxygens (including phenoxy) is 1. The maximum atomic E-state index is 10.8. The number of rotatable bonds is 5. The van der Waals surface area contributed by atoms with Crippen LogP contribution >= 0.6 is 15.9 Å². The number of nitrogens with one attached hydrogen (secondary N) is 1. The van der Waals surface area contributed by atoms with E-state index in [1.165, 1.54) is 6.07 Å². The highest BCUT2D eigenvalue weighted by molar-refractivity contribution is 9.10. The van der Waals surface area contributed by atoms with Gasteiger partial charge in [-0.15, -0.1) is 0 Å². The fourth-order valence-corrected chi connectivity index (χ4v) is 1.73. The zero-order valence-corrected chi connectivity index (χ0v) is 12.4. The monoisotopic (exact) mass is 316 g/mol. The molecule has 5 nitrogen and oxygen atoms in total. The Kier molecular flexibility index (Phi) is 4.70. The van der Waals surface area contributed by atoms with Crippen LogP contribution in [0.4, 0.5) is 11.4 Å². The molecule has 0 amide bonds. The summed E-state index contributed by atoms with van der Waals surface area (Å²) < 4.78 is 5.84. The Balaban J connectivity index is 2.93. The lowest BCUT2D eigenvalue weighted by atomic mass is 10.00. The number of nitro benzene ring substituents is 1. The molecule has 1 N–H and O–H groups in total. The summed E-state index contributed by atoms with van der Waals surface area (Å²) in [6, 6.07) is 4.97. The third-order valence-corrected chi connectivity index (χ3v) is 3.77. The van der Waals surface area contributed by atoms with Gasteiger partial charge in [-0.1, -0.05) is 0 Å². The standard InChI is InChI=1S/C12H17BrN2O3/c1-8(12(2,3)18-4)14-9-5-6-10(13)11(7-9)15(16)17/h5-8,14H,1-4H3. The van der Waals surface area contributed by atoms with E-state index in [1.54, 1.807) is 19.2 Å². The molecule has 0 saturated carbocycles. The summed E-state index contributed by atoms with van der Waals surface area (Å²) in [5, 5.41) is 14.0. The molecular weight excluding hydrogens is 300 g/mol. The Morgan fingerprint density at radius 2 is 2.11 bits per heavy atom. The summed E-state index contributed by atoms with van der Waals surface area (Å²) in [4.78, 5) is 10.4. The summed E-state index contributed by atoms with van der Waals surface area (Å²) in [5.41, 5.74) is 0.381. The average molecular weight is 317 g/mol. The number of benzene rings is 1. The molecule has 0 saturated heterocycles. The predicted octanol–water partition coefficient (Wildman–Crippen LogP) is 3.58. The van der Waals surface area contributed by atoms with Crippen LogP contribution in [0.15, 0.2) is 22.7 Å². The maximum absolute atomic E-state index is 10.8. The van der Waals surface area contributed by atoms with Crippen LogP contribution in [0.2, 0.25) is 0 Å². The van der Waals surface area contributed by atoms with Gasteiger partial charge in [0.1, 0.15) is 0 Å². The highest BCUT2D eigenvalue weighted by atomic mass is 79.9. The predicted molar refractivity (Wildman–Crippen MR) is 75.0 cm³/mol. The smallest absolute Gasteiger partial charge is 0.285 e. The molecule has 1 aromatic rings. The van der Waals surface area contributed by atoms with Crippen LogP contribution in [0, 0.1) is 10.1 Å². The lowest BCUT2D eigenvalue weighted by molar-refractivity contribution is -0.385. The van der Waals surface area contributed by atoms with Crippen molar-refractivity contribution in [1.29, 1.82) is 0 Å². The third kappa shape index (κ3) is 3.43. The van der Waals surface area contributed by atoms with E-state index in [9.17, 15) is 10.1 Å². The first-order valence-electron chi connectivity index (χ1n) is 5.53. The number of halogens is 1. The second kappa shape index (κ2) is 5.67. The van der Waals surface area contributed by atoms with Crippen molar-refractivity contribution in [3.63, 3.8) is 0 Å². The topological polar surface area (TPSA) is 64.4 Å². The van der Waals surface area contributed by atoms with Crippen molar-refractivity contribution >= 4 is 27.3 Å². The van der Waals surface area contributed by atoms with Gasteiger partial charge in [-0.2, -0.15) is 0 Å². The molecule has 0 radical (unpaired) electrons. The first-order chi connectivity index (χ1) is 8.27. The molecule has 1 rings (SSSR count). The first kappa shape index (κ1) is 14.9. The lowest BCUT2D eigenvalue weighted by Crippen LogP contribution is -2.41. The van der Waals surface area contributed by atoms with Gasteiger partial charge in [0.15, 0.2) is 0 Å². The molecule has 1 unspecified atom stereocenters. The molecule has 6 heteroatoms. The fraction of sp³-hybridized carbons (Fsp3) is 0.500. The molecule has 0 aliphatic heterocycles. The van der Waals surface area contributed by atoms with Gasteiger partial charge in [0.2, 0.25) is 0 Å². The summed E-state index contributed by atoms with van der Waals surface area (Å²) in [5.74, 6) is 0. The molecule has 0 bridgehead atoms. The molecular formula is C12H17BrN2O3. The molecule has 1 atom stereocenters. The Labute approximate surface area is 115 Å². The highest BCUT2D eigenvalue weighted by Crippen LogP contribution is 2.29. The number of nitro groups is 1. The van der Waals surface area contributed by atoms with E-state index in [0.717, 1.165) is 0 Å². The van der Waals surface area contributed by atoms with Crippen LogP contribution in [-0.4, -0.2) is 23.7 Å². The van der Waals surface area contributed by atoms with Gasteiger partial charge in [0, 0.05) is 18.9 Å². The van der Waals surface area contributed by atoms with Crippen molar-refractivity contribution in [3.05, 3.63) is 32.8 Å². The van der Waals surface area contributed by atoms with Crippen molar-refractivity contribution in [2.45, 2.75) is 32.4 Å². The molecule has 1 aromatic carbocycles. The molecule has 0 fully saturated rings. The minimum absolute atomic E-state index is 0.0169. The van der Waals surface area contributed by atoms with E-state index in [2.05, 4.69) is 21.2 Å². The Hall–Kier alpha value is -1.14. The minimum atomic E-state index is -0.415. The Bertz CT molecular complexity index is 449. The van der Waals surface area contributed by atoms with E-state index in [4.69, 9.17) is 4.74 Å². The van der Waals surface area contributed by atoms with Gasteiger partial charge in [0.05, 0.1) is 21.0 Å². The van der Waals surface area contributed by atoms with Crippen molar-refractivity contribution in [2.24, 2.45) is 0 Å². The van der Waals surface area contributed by atoms with Gasteiger partial charge in [0.25, 0.3) is 5.69 Å². The normalized spacial score (nSPS) is 13.2. The average Bonchev–Trinajstić information content (AvgIpc) is 2.31. The molecule has 0 heterocycles. The number of anilines is 1. The van der Waals surface area contributed by atoms with Crippen molar-refractivity contribution < 1.29 is 9.66 Å². The second-order valence-corrected chi connectivity index (χ2v) is 5.45. The summed E-state index contributed by atoms with van der Waals surface area (Å²) >= 11 is 3.16. The van der Waals surface area contributed by atoms with Crippen LogP contribution in [-0.2, 0) is 4.74 Å². The van der Waals surface area contributed by atoms with Crippen LogP contribution in [0.1, 0.15) is 20.8 Å². The zero-order valence-electron chi connectivity index (χ0n) is 10.9. The van der Waals surface area contributed by atoms with E-state index in [1.807, 2.05) is 20.8 Å². The molecule has 0 aromatic heterocycles. The fourth-order valence-electron chi connectivity index (χ4n) is 1.34. The van der Waals surface area contributed by atoms with Gasteiger partial charge < -0.3 is 10.1 Å². The number of nitrogens with zero attached hydrogens (tertiary/aromatic N) is 1. The highest BCUT2D eigenvalue weighted by Gasteiger charge is 2.25. The van der Waals surface area contributed by atoms with Crippen LogP contribution < -0.4 is 5.32 Å². The van der Waals surface area contributed by atoms with Gasteiger partial charge in [-0.05, 0) is 48.8 Å². The van der Waals surface area contributed by atoms with Crippen LogP contribution in [0.5, 0.6) is 0 Å². The van der Waals surface area contributed by atoms with Gasteiger partial charge in [-0.3, -0.25) is 10.1 Å². The van der Waals surface area contributed by atoms with Gasteiger partial charge >= 0.3 is 0 Å². The maximum Gasteiger partial charge on any atom is 0.285 e. The SMILES string of the molecule is COC(C)(C)C(C)Nc1ccc(Br)c([N+](=O)[O-])c1. The van der Waals surface area contributed by atoms with E-state index >= 15 is 0 Å². The van der Waals surface area contributed by atoms with Gasteiger partial charge in [-0.25, -0.2) is 0 Å². The van der Waals surface area contributed by atoms with Crippen molar-refractivity contribution in [1.82, 2.24) is 0 Å². The van der Waals surface area contributed by atoms with E-state index in [0.29, 0.717) is 10.2 Å². The van der Waals surface area contributed by atoms with Crippen molar-refractivity contribution in [2.75, 3.05) is 12.4 Å². The molecule has 0 spiro atoms. The van der Waals surface area contributed by atoms with Crippen molar-refractivity contribution in [3.8, 4) is 0 Å². The summed E-state index contributed by atoms with van der Waals surface area (Å²) in [7, 11) is 1.64. The molecule has 0 aliphatic carbocycles. The summed E-state index contributed by atoms with van der Waals surface area (Å²) in [6.07, 6.45) is 0. The number of hydrogen-bond donors (Lipinski definition) is 1. The van der Waals surface area contributed by atoms with Crippen LogP contribution in [0.3, 0.4) is 0 Å². The Morgan fingerprint density at radius 3 is 2.61 bits per heavy atom. The van der Waals surface area contributed by atoms with E-state index in [-0.39, 0.29) is 17.3 Å².